The summed E-state index contributed by atoms with van der Waals surface area (Å²) in [7, 11) is 1.81. The fourth-order valence-corrected chi connectivity index (χ4v) is 1.92. The van der Waals surface area contributed by atoms with Crippen molar-refractivity contribution < 1.29 is 50.1 Å². The highest BCUT2D eigenvalue weighted by atomic mass is 79.9. The predicted molar refractivity (Wildman–Crippen MR) is 98.2 cm³/mol. The van der Waals surface area contributed by atoms with E-state index < -0.39 is 17.5 Å². The zero-order valence-corrected chi connectivity index (χ0v) is 18.8. The molecule has 0 fully saturated rings. The maximum absolute atomic E-state index is 12.2. The van der Waals surface area contributed by atoms with Gasteiger partial charge in [0.2, 0.25) is 0 Å². The van der Waals surface area contributed by atoms with Gasteiger partial charge in [0.05, 0.1) is 7.05 Å². The molecule has 0 heterocycles. The number of nitrogens with zero attached hydrogens (tertiary/aromatic N) is 1. The van der Waals surface area contributed by atoms with Crippen LogP contribution in [0.4, 0.5) is 0 Å². The average molecular weight is 450 g/mol. The summed E-state index contributed by atoms with van der Waals surface area (Å²) in [5.41, 5.74) is 0.0178. The van der Waals surface area contributed by atoms with E-state index in [-0.39, 0.29) is 47.2 Å². The minimum atomic E-state index is -0.596. The molecule has 0 aromatic heterocycles. The molecule has 0 N–H and O–H groups in total. The lowest BCUT2D eigenvalue weighted by atomic mass is 10.2. The number of ether oxygens (including phenoxy) is 3. The summed E-state index contributed by atoms with van der Waals surface area (Å²) in [6.45, 7) is 16.6. The van der Waals surface area contributed by atoms with Gasteiger partial charge >= 0.3 is 17.9 Å². The van der Waals surface area contributed by atoms with Crippen molar-refractivity contribution in [1.29, 1.82) is 0 Å². The van der Waals surface area contributed by atoms with Gasteiger partial charge in [0, 0.05) is 11.1 Å². The third-order valence-corrected chi connectivity index (χ3v) is 3.36. The van der Waals surface area contributed by atoms with Crippen LogP contribution >= 0.6 is 0 Å². The minimum absolute atomic E-state index is 0. The molecule has 7 nitrogen and oxygen atoms in total. The molecule has 0 atom stereocenters. The maximum atomic E-state index is 12.2. The molecule has 8 heteroatoms. The first kappa shape index (κ1) is 27.5. The van der Waals surface area contributed by atoms with E-state index >= 15 is 0 Å². The van der Waals surface area contributed by atoms with Crippen LogP contribution in [0, 0.1) is 0 Å². The van der Waals surface area contributed by atoms with Gasteiger partial charge in [-0.3, -0.25) is 0 Å². The number of esters is 3. The van der Waals surface area contributed by atoms with E-state index in [1.54, 1.807) is 34.6 Å². The molecule has 0 spiro atoms. The van der Waals surface area contributed by atoms with Crippen LogP contribution in [-0.2, 0) is 28.6 Å². The summed E-state index contributed by atoms with van der Waals surface area (Å²) >= 11 is 0. The molecule has 0 rings (SSSR count). The number of quaternary nitrogens is 1. The molecule has 27 heavy (non-hydrogen) atoms. The van der Waals surface area contributed by atoms with E-state index in [2.05, 4.69) is 13.2 Å². The average Bonchev–Trinajstić information content (AvgIpc) is 2.44. The summed E-state index contributed by atoms with van der Waals surface area (Å²) in [5.74, 6) is -1.34. The molecule has 0 aliphatic rings. The lowest BCUT2D eigenvalue weighted by Gasteiger charge is -2.34. The second kappa shape index (κ2) is 11.9. The van der Waals surface area contributed by atoms with Gasteiger partial charge in [0.1, 0.15) is 31.9 Å². The number of hydrogen-bond donors (Lipinski definition) is 0. The van der Waals surface area contributed by atoms with E-state index in [0.29, 0.717) is 24.2 Å². The van der Waals surface area contributed by atoms with E-state index in [4.69, 9.17) is 14.2 Å². The van der Waals surface area contributed by atoms with Crippen LogP contribution in [0.1, 0.15) is 34.6 Å². The van der Waals surface area contributed by atoms with E-state index in [0.717, 1.165) is 0 Å². The molecule has 0 bridgehead atoms. The van der Waals surface area contributed by atoms with E-state index in [1.165, 1.54) is 0 Å². The van der Waals surface area contributed by atoms with Gasteiger partial charge in [-0.1, -0.05) is 13.2 Å². The number of carbonyl (C=O) groups excluding carboxylic acids is 3. The van der Waals surface area contributed by atoms with Gasteiger partial charge in [0.25, 0.3) is 0 Å². The van der Waals surface area contributed by atoms with Gasteiger partial charge < -0.3 is 35.7 Å². The van der Waals surface area contributed by atoms with Crippen LogP contribution in [-0.4, -0.2) is 67.9 Å². The molecular weight excluding hydrogens is 418 g/mol. The molecule has 0 amide bonds. The zero-order valence-electron chi connectivity index (χ0n) is 17.2. The Hall–Kier alpha value is -1.67. The highest BCUT2D eigenvalue weighted by Crippen LogP contribution is 2.11. The fourth-order valence-electron chi connectivity index (χ4n) is 1.92. The Morgan fingerprint density at radius 1 is 0.889 bits per heavy atom. The van der Waals surface area contributed by atoms with Crippen LogP contribution in [0.5, 0.6) is 0 Å². The number of likely N-dealkylation sites (N-methyl/N-ethyl adjacent to an activating group) is 1. The number of hydrogen-bond acceptors (Lipinski definition) is 6. The monoisotopic (exact) mass is 449 g/mol. The van der Waals surface area contributed by atoms with Crippen LogP contribution < -0.4 is 17.0 Å². The molecule has 0 saturated heterocycles. The first-order chi connectivity index (χ1) is 11.8. The Morgan fingerprint density at radius 2 is 1.26 bits per heavy atom. The van der Waals surface area contributed by atoms with Gasteiger partial charge in [-0.25, -0.2) is 14.4 Å². The lowest BCUT2D eigenvalue weighted by molar-refractivity contribution is -0.902. The summed E-state index contributed by atoms with van der Waals surface area (Å²) < 4.78 is 15.8. The minimum Gasteiger partial charge on any atom is -1.00 e. The smallest absolute Gasteiger partial charge is 0.362 e. The first-order valence-electron chi connectivity index (χ1n) is 8.46. The molecule has 156 valence electrons. The fraction of sp³-hybridized carbons (Fsp3) is 0.632. The Balaban J connectivity index is 0. The summed E-state index contributed by atoms with van der Waals surface area (Å²) in [6.07, 6.45) is 0. The molecule has 0 aromatic rings. The van der Waals surface area contributed by atoms with E-state index in [9.17, 15) is 14.4 Å². The molecule has 0 saturated carbocycles. The molecular formula is C19H32BrNO6. The molecule has 0 aliphatic carbocycles. The lowest BCUT2D eigenvalue weighted by Crippen LogP contribution is -3.00. The predicted octanol–water partition coefficient (Wildman–Crippen LogP) is -0.983. The standard InChI is InChI=1S/C19H32NO6.BrH/c1-14(2)17(22)24-11-9-20(8,10-12-25-18(23)15(3)4)13-16(21)26-19(5,6)7;/h1,3,9-13H2,2,4-8H3;1H/q+1;/p-1. The van der Waals surface area contributed by atoms with Crippen LogP contribution in [0.25, 0.3) is 0 Å². The van der Waals surface area contributed by atoms with Crippen LogP contribution in [0.2, 0.25) is 0 Å². The van der Waals surface area contributed by atoms with Gasteiger partial charge in [-0.15, -0.1) is 0 Å². The van der Waals surface area contributed by atoms with Crippen molar-refractivity contribution in [3.05, 3.63) is 24.3 Å². The van der Waals surface area contributed by atoms with E-state index in [1.807, 2.05) is 7.05 Å². The summed E-state index contributed by atoms with van der Waals surface area (Å²) in [5, 5.41) is 0. The SMILES string of the molecule is C=C(C)C(=O)OCC[N+](C)(CCOC(=O)C(=C)C)CC(=O)OC(C)(C)C.[Br-]. The van der Waals surface area contributed by atoms with Crippen molar-refractivity contribution in [3.8, 4) is 0 Å². The highest BCUT2D eigenvalue weighted by Gasteiger charge is 2.29. The van der Waals surface area contributed by atoms with Crippen molar-refractivity contribution in [3.63, 3.8) is 0 Å². The quantitative estimate of drug-likeness (QED) is 0.184. The van der Waals surface area contributed by atoms with Gasteiger partial charge in [0.15, 0.2) is 6.54 Å². The summed E-state index contributed by atoms with van der Waals surface area (Å²) in [4.78, 5) is 35.2. The van der Waals surface area contributed by atoms with Crippen LogP contribution in [0.3, 0.4) is 0 Å². The van der Waals surface area contributed by atoms with Crippen molar-refractivity contribution in [2.45, 2.75) is 40.2 Å². The molecule has 0 aromatic carbocycles. The Labute approximate surface area is 172 Å². The van der Waals surface area contributed by atoms with Crippen molar-refractivity contribution in [2.75, 3.05) is 39.9 Å². The molecule has 0 unspecified atom stereocenters. The highest BCUT2D eigenvalue weighted by molar-refractivity contribution is 5.87. The zero-order chi connectivity index (χ0) is 20.5. The molecule has 0 aliphatic heterocycles. The summed E-state index contributed by atoms with van der Waals surface area (Å²) in [6, 6.07) is 0. The Kier molecular flexibility index (Phi) is 12.2. The maximum Gasteiger partial charge on any atom is 0.362 e. The Bertz CT molecular complexity index is 533. The number of halogens is 1. The number of rotatable bonds is 10. The van der Waals surface area contributed by atoms with Crippen molar-refractivity contribution >= 4 is 17.9 Å². The second-order valence-corrected chi connectivity index (χ2v) is 7.64. The molecule has 0 radical (unpaired) electrons. The number of carbonyl (C=O) groups is 3. The van der Waals surface area contributed by atoms with Gasteiger partial charge in [-0.2, -0.15) is 0 Å². The van der Waals surface area contributed by atoms with Gasteiger partial charge in [-0.05, 0) is 34.6 Å². The third kappa shape index (κ3) is 13.2. The Morgan fingerprint density at radius 3 is 1.56 bits per heavy atom. The van der Waals surface area contributed by atoms with Crippen molar-refractivity contribution in [1.82, 2.24) is 0 Å². The topological polar surface area (TPSA) is 78.9 Å². The normalized spacial score (nSPS) is 11.0. The van der Waals surface area contributed by atoms with Crippen LogP contribution in [0.15, 0.2) is 24.3 Å². The first-order valence-corrected chi connectivity index (χ1v) is 8.46. The third-order valence-electron chi connectivity index (χ3n) is 3.36. The van der Waals surface area contributed by atoms with Crippen molar-refractivity contribution in [2.24, 2.45) is 0 Å². The second-order valence-electron chi connectivity index (χ2n) is 7.64. The largest absolute Gasteiger partial charge is 1.00 e.